The van der Waals surface area contributed by atoms with Crippen LogP contribution in [0.15, 0.2) is 156 Å². The van der Waals surface area contributed by atoms with E-state index in [1.165, 1.54) is 16.2 Å². The van der Waals surface area contributed by atoms with Crippen molar-refractivity contribution in [2.75, 3.05) is 0 Å². The van der Waals surface area contributed by atoms with Crippen LogP contribution >= 0.6 is 0 Å². The summed E-state index contributed by atoms with van der Waals surface area (Å²) in [6, 6.07) is 53.1. The lowest BCUT2D eigenvalue weighted by Crippen LogP contribution is -2.04. The first kappa shape index (κ1) is 25.1. The fourth-order valence-electron chi connectivity index (χ4n) is 7.07. The smallest absolute Gasteiger partial charge is 0.235 e. The molecule has 10 aromatic rings. The molecule has 0 amide bonds. The second kappa shape index (κ2) is 9.62. The predicted molar refractivity (Wildman–Crippen MR) is 190 cm³/mol. The Labute approximate surface area is 263 Å². The highest BCUT2D eigenvalue weighted by Crippen LogP contribution is 2.41. The molecule has 0 unspecified atom stereocenters. The van der Waals surface area contributed by atoms with Crippen molar-refractivity contribution in [2.24, 2.45) is 0 Å². The number of nitrogens with zero attached hydrogens (tertiary/aromatic N) is 3. The lowest BCUT2D eigenvalue weighted by molar-refractivity contribution is 0.669. The zero-order valence-corrected chi connectivity index (χ0v) is 24.7. The normalized spacial score (nSPS) is 11.9. The molecule has 0 saturated carbocycles. The lowest BCUT2D eigenvalue weighted by Gasteiger charge is -2.13. The molecule has 0 fully saturated rings. The first-order valence-electron chi connectivity index (χ1n) is 15.5. The van der Waals surface area contributed by atoms with Crippen LogP contribution in [0.25, 0.3) is 93.8 Å². The van der Waals surface area contributed by atoms with E-state index in [-0.39, 0.29) is 0 Å². The Hall–Kier alpha value is -6.26. The number of rotatable bonds is 3. The van der Waals surface area contributed by atoms with Gasteiger partial charge in [-0.25, -0.2) is 9.97 Å². The Morgan fingerprint density at radius 1 is 0.457 bits per heavy atom. The van der Waals surface area contributed by atoms with E-state index in [9.17, 15) is 0 Å². The number of hydrogen-bond acceptors (Lipinski definition) is 3. The van der Waals surface area contributed by atoms with Crippen molar-refractivity contribution in [3.05, 3.63) is 152 Å². The van der Waals surface area contributed by atoms with Crippen LogP contribution < -0.4 is 0 Å². The van der Waals surface area contributed by atoms with Crippen molar-refractivity contribution in [3.63, 3.8) is 0 Å². The quantitative estimate of drug-likeness (QED) is 0.207. The molecular formula is C42H25N3O. The highest BCUT2D eigenvalue weighted by molar-refractivity contribution is 6.17. The number of aromatic nitrogens is 3. The lowest BCUT2D eigenvalue weighted by atomic mass is 10.00. The van der Waals surface area contributed by atoms with Gasteiger partial charge >= 0.3 is 0 Å². The Kier molecular flexibility index (Phi) is 5.25. The second-order valence-electron chi connectivity index (χ2n) is 11.8. The molecule has 0 aliphatic carbocycles. The summed E-state index contributed by atoms with van der Waals surface area (Å²) >= 11 is 0. The summed E-state index contributed by atoms with van der Waals surface area (Å²) in [7, 11) is 0. The third-order valence-corrected chi connectivity index (χ3v) is 9.18. The number of benzene rings is 7. The van der Waals surface area contributed by atoms with Crippen LogP contribution in [0.4, 0.5) is 0 Å². The molecule has 10 rings (SSSR count). The Bertz CT molecular complexity index is 2810. The van der Waals surface area contributed by atoms with Gasteiger partial charge in [0.15, 0.2) is 0 Å². The van der Waals surface area contributed by atoms with Gasteiger partial charge in [0.1, 0.15) is 11.2 Å². The van der Waals surface area contributed by atoms with Gasteiger partial charge in [-0.3, -0.25) is 4.57 Å². The standard InChI is InChI=1S/C42H25N3O/c1-2-11-26(12-3-1)40-34-16-6-8-19-36(34)43-42(44-40)45-37-24-28-14-5-4-13-27(28)23-35(37)33-18-10-17-30(41(33)45)29-21-22-32-31-15-7-9-20-38(31)46-39(32)25-29/h1-25H. The van der Waals surface area contributed by atoms with Crippen LogP contribution in [0.5, 0.6) is 0 Å². The Morgan fingerprint density at radius 2 is 1.17 bits per heavy atom. The van der Waals surface area contributed by atoms with Crippen LogP contribution in [0.1, 0.15) is 0 Å². The summed E-state index contributed by atoms with van der Waals surface area (Å²) in [6.07, 6.45) is 0. The molecule has 0 aliphatic heterocycles. The molecule has 3 heterocycles. The van der Waals surface area contributed by atoms with Crippen molar-refractivity contribution < 1.29 is 4.42 Å². The van der Waals surface area contributed by atoms with E-state index in [0.29, 0.717) is 5.95 Å². The van der Waals surface area contributed by atoms with Gasteiger partial charge in [-0.15, -0.1) is 0 Å². The summed E-state index contributed by atoms with van der Waals surface area (Å²) in [4.78, 5) is 10.6. The maximum Gasteiger partial charge on any atom is 0.235 e. The van der Waals surface area contributed by atoms with E-state index in [1.54, 1.807) is 0 Å². The zero-order valence-electron chi connectivity index (χ0n) is 24.7. The van der Waals surface area contributed by atoms with Gasteiger partial charge in [-0.05, 0) is 52.7 Å². The molecule has 0 bridgehead atoms. The van der Waals surface area contributed by atoms with Crippen molar-refractivity contribution in [3.8, 4) is 28.3 Å². The number of hydrogen-bond donors (Lipinski definition) is 0. The van der Waals surface area contributed by atoms with Gasteiger partial charge in [0.2, 0.25) is 5.95 Å². The number of para-hydroxylation sites is 3. The van der Waals surface area contributed by atoms with E-state index < -0.39 is 0 Å². The molecule has 46 heavy (non-hydrogen) atoms. The SMILES string of the molecule is c1ccc(-c2nc(-n3c4cc5ccccc5cc4c4cccc(-c5ccc6c(c5)oc5ccccc56)c43)nc3ccccc23)cc1. The van der Waals surface area contributed by atoms with Gasteiger partial charge in [0, 0.05) is 38.1 Å². The molecule has 4 nitrogen and oxygen atoms in total. The summed E-state index contributed by atoms with van der Waals surface area (Å²) in [6.45, 7) is 0. The molecule has 0 aliphatic rings. The molecule has 214 valence electrons. The van der Waals surface area contributed by atoms with Crippen LogP contribution in [0, 0.1) is 0 Å². The van der Waals surface area contributed by atoms with Gasteiger partial charge in [0.05, 0.1) is 22.2 Å². The highest BCUT2D eigenvalue weighted by Gasteiger charge is 2.21. The van der Waals surface area contributed by atoms with Gasteiger partial charge in [-0.2, -0.15) is 0 Å². The maximum absolute atomic E-state index is 6.33. The third kappa shape index (κ3) is 3.67. The van der Waals surface area contributed by atoms with Crippen LogP contribution in [-0.2, 0) is 0 Å². The molecule has 0 N–H and O–H groups in total. The van der Waals surface area contributed by atoms with Crippen LogP contribution in [0.3, 0.4) is 0 Å². The van der Waals surface area contributed by atoms with Gasteiger partial charge in [0.25, 0.3) is 0 Å². The molecule has 7 aromatic carbocycles. The Morgan fingerprint density at radius 3 is 2.07 bits per heavy atom. The highest BCUT2D eigenvalue weighted by atomic mass is 16.3. The summed E-state index contributed by atoms with van der Waals surface area (Å²) in [5.41, 5.74) is 8.96. The third-order valence-electron chi connectivity index (χ3n) is 9.18. The van der Waals surface area contributed by atoms with E-state index in [4.69, 9.17) is 14.4 Å². The average molecular weight is 588 g/mol. The monoisotopic (exact) mass is 587 g/mol. The van der Waals surface area contributed by atoms with E-state index in [1.807, 2.05) is 24.3 Å². The Balaban J connectivity index is 1.34. The number of furan rings is 1. The van der Waals surface area contributed by atoms with Crippen LogP contribution in [-0.4, -0.2) is 14.5 Å². The predicted octanol–water partition coefficient (Wildman–Crippen LogP) is 11.1. The fraction of sp³-hybridized carbons (Fsp3) is 0. The molecule has 0 saturated heterocycles. The molecule has 3 aromatic heterocycles. The van der Waals surface area contributed by atoms with E-state index >= 15 is 0 Å². The van der Waals surface area contributed by atoms with E-state index in [2.05, 4.69) is 132 Å². The van der Waals surface area contributed by atoms with Crippen LogP contribution in [0.2, 0.25) is 0 Å². The van der Waals surface area contributed by atoms with Crippen molar-refractivity contribution in [2.45, 2.75) is 0 Å². The largest absolute Gasteiger partial charge is 0.456 e. The number of fused-ring (bicyclic) bond motifs is 8. The summed E-state index contributed by atoms with van der Waals surface area (Å²) in [5.74, 6) is 0.644. The summed E-state index contributed by atoms with van der Waals surface area (Å²) in [5, 5.41) is 7.96. The zero-order chi connectivity index (χ0) is 30.2. The van der Waals surface area contributed by atoms with E-state index in [0.717, 1.165) is 71.6 Å². The topological polar surface area (TPSA) is 43.9 Å². The molecule has 0 radical (unpaired) electrons. The minimum absolute atomic E-state index is 0.644. The first-order chi connectivity index (χ1) is 22.8. The van der Waals surface area contributed by atoms with Crippen molar-refractivity contribution in [1.82, 2.24) is 14.5 Å². The van der Waals surface area contributed by atoms with Gasteiger partial charge in [-0.1, -0.05) is 115 Å². The average Bonchev–Trinajstić information content (AvgIpc) is 3.65. The second-order valence-corrected chi connectivity index (χ2v) is 11.8. The molecule has 0 atom stereocenters. The summed E-state index contributed by atoms with van der Waals surface area (Å²) < 4.78 is 8.59. The minimum Gasteiger partial charge on any atom is -0.456 e. The molecule has 4 heteroatoms. The fourth-order valence-corrected chi connectivity index (χ4v) is 7.07. The van der Waals surface area contributed by atoms with Crippen molar-refractivity contribution in [1.29, 1.82) is 0 Å². The maximum atomic E-state index is 6.33. The van der Waals surface area contributed by atoms with Crippen molar-refractivity contribution >= 4 is 65.4 Å². The first-order valence-corrected chi connectivity index (χ1v) is 15.5. The minimum atomic E-state index is 0.644. The van der Waals surface area contributed by atoms with Gasteiger partial charge < -0.3 is 4.42 Å². The molecular weight excluding hydrogens is 562 g/mol. The molecule has 0 spiro atoms.